The van der Waals surface area contributed by atoms with Gasteiger partial charge in [-0.05, 0) is 43.2 Å². The fourth-order valence-electron chi connectivity index (χ4n) is 2.22. The van der Waals surface area contributed by atoms with Crippen LogP contribution in [0.25, 0.3) is 0 Å². The normalized spacial score (nSPS) is 11.1. The molecule has 0 aliphatic heterocycles. The molecule has 0 unspecified atom stereocenters. The van der Waals surface area contributed by atoms with Crippen molar-refractivity contribution in [3.8, 4) is 17.6 Å². The zero-order valence-corrected chi connectivity index (χ0v) is 14.0. The lowest BCUT2D eigenvalue weighted by molar-refractivity contribution is 0.195. The lowest BCUT2D eigenvalue weighted by Crippen LogP contribution is -2.43. The number of rotatable bonds is 4. The largest absolute Gasteiger partial charge is 0.508 e. The van der Waals surface area contributed by atoms with E-state index in [9.17, 15) is 9.90 Å². The molecule has 2 aromatic carbocycles. The molecular weight excluding hydrogens is 300 g/mol. The number of carbonyl (C=O) groups excluding carboxylic acids is 1. The number of benzene rings is 2. The number of urea groups is 1. The van der Waals surface area contributed by atoms with E-state index in [4.69, 9.17) is 0 Å². The van der Waals surface area contributed by atoms with Gasteiger partial charge in [0.25, 0.3) is 0 Å². The molecule has 24 heavy (non-hydrogen) atoms. The van der Waals surface area contributed by atoms with Crippen LogP contribution in [0.3, 0.4) is 0 Å². The Kier molecular flexibility index (Phi) is 6.27. The van der Waals surface area contributed by atoms with E-state index >= 15 is 0 Å². The summed E-state index contributed by atoms with van der Waals surface area (Å²) >= 11 is 0. The number of aromatic hydroxyl groups is 1. The van der Waals surface area contributed by atoms with Gasteiger partial charge in [0.2, 0.25) is 0 Å². The van der Waals surface area contributed by atoms with Gasteiger partial charge in [-0.25, -0.2) is 4.79 Å². The predicted molar refractivity (Wildman–Crippen MR) is 95.8 cm³/mol. The van der Waals surface area contributed by atoms with E-state index in [1.54, 1.807) is 24.1 Å². The molecule has 124 valence electrons. The number of amides is 2. The summed E-state index contributed by atoms with van der Waals surface area (Å²) < 4.78 is 0. The Labute approximate surface area is 143 Å². The third-order valence-corrected chi connectivity index (χ3v) is 3.78. The van der Waals surface area contributed by atoms with E-state index in [1.165, 1.54) is 0 Å². The van der Waals surface area contributed by atoms with Crippen LogP contribution in [0.15, 0.2) is 54.6 Å². The smallest absolute Gasteiger partial charge is 0.318 e. The van der Waals surface area contributed by atoms with Gasteiger partial charge in [-0.2, -0.15) is 0 Å². The van der Waals surface area contributed by atoms with Gasteiger partial charge in [0.1, 0.15) is 5.75 Å². The van der Waals surface area contributed by atoms with Crippen molar-refractivity contribution in [1.29, 1.82) is 0 Å². The summed E-state index contributed by atoms with van der Waals surface area (Å²) in [5, 5.41) is 12.1. The number of hydrogen-bond acceptors (Lipinski definition) is 2. The summed E-state index contributed by atoms with van der Waals surface area (Å²) in [7, 11) is 1.77. The van der Waals surface area contributed by atoms with Crippen molar-refractivity contribution in [1.82, 2.24) is 10.2 Å². The molecule has 0 spiro atoms. The molecule has 0 heterocycles. The van der Waals surface area contributed by atoms with Gasteiger partial charge in [-0.15, -0.1) is 0 Å². The van der Waals surface area contributed by atoms with Gasteiger partial charge in [-0.3, -0.25) is 0 Å². The molecule has 0 radical (unpaired) electrons. The maximum Gasteiger partial charge on any atom is 0.318 e. The average molecular weight is 322 g/mol. The number of phenols is 1. The lowest BCUT2D eigenvalue weighted by Gasteiger charge is -2.25. The highest BCUT2D eigenvalue weighted by Crippen LogP contribution is 2.13. The van der Waals surface area contributed by atoms with Crippen molar-refractivity contribution < 1.29 is 9.90 Å². The van der Waals surface area contributed by atoms with Gasteiger partial charge in [0, 0.05) is 18.7 Å². The number of nitrogens with zero attached hydrogens (tertiary/aromatic N) is 1. The van der Waals surface area contributed by atoms with E-state index in [-0.39, 0.29) is 17.8 Å². The Morgan fingerprint density at radius 2 is 1.83 bits per heavy atom. The molecule has 2 N–H and O–H groups in total. The molecule has 0 bridgehead atoms. The van der Waals surface area contributed by atoms with Crippen molar-refractivity contribution in [2.75, 3.05) is 13.6 Å². The van der Waals surface area contributed by atoms with Crippen molar-refractivity contribution in [2.45, 2.75) is 19.4 Å². The topological polar surface area (TPSA) is 52.6 Å². The first-order chi connectivity index (χ1) is 11.6. The van der Waals surface area contributed by atoms with Crippen LogP contribution in [-0.2, 0) is 6.42 Å². The van der Waals surface area contributed by atoms with Crippen LogP contribution in [0.5, 0.6) is 5.75 Å². The first kappa shape index (κ1) is 17.4. The molecule has 0 aliphatic rings. The van der Waals surface area contributed by atoms with Crippen LogP contribution in [0, 0.1) is 11.8 Å². The quantitative estimate of drug-likeness (QED) is 0.850. The van der Waals surface area contributed by atoms with Gasteiger partial charge in [0.15, 0.2) is 0 Å². The molecular formula is C20H22N2O2. The second kappa shape index (κ2) is 8.64. The first-order valence-corrected chi connectivity index (χ1v) is 7.89. The maximum absolute atomic E-state index is 12.1. The van der Waals surface area contributed by atoms with Gasteiger partial charge in [0.05, 0.1) is 6.54 Å². The summed E-state index contributed by atoms with van der Waals surface area (Å²) in [5.41, 5.74) is 2.00. The standard InChI is InChI=1S/C20H22N2O2/c1-16(15-18-10-12-19(23)13-11-18)22(2)20(24)21-14-6-9-17-7-4-3-5-8-17/h3-5,7-8,10-13,16,23H,14-15H2,1-2H3,(H,21,24)/t16-/m1/s1. The molecule has 0 aromatic heterocycles. The molecule has 0 saturated heterocycles. The zero-order valence-electron chi connectivity index (χ0n) is 14.0. The molecule has 2 rings (SSSR count). The number of carbonyl (C=O) groups is 1. The van der Waals surface area contributed by atoms with E-state index in [2.05, 4.69) is 17.2 Å². The minimum absolute atomic E-state index is 0.0385. The Morgan fingerprint density at radius 3 is 2.50 bits per heavy atom. The van der Waals surface area contributed by atoms with E-state index in [0.29, 0.717) is 6.54 Å². The molecule has 0 aliphatic carbocycles. The van der Waals surface area contributed by atoms with Crippen LogP contribution in [0.2, 0.25) is 0 Å². The highest BCUT2D eigenvalue weighted by Gasteiger charge is 2.15. The highest BCUT2D eigenvalue weighted by molar-refractivity contribution is 5.74. The molecule has 4 heteroatoms. The number of hydrogen-bond donors (Lipinski definition) is 2. The Hall–Kier alpha value is -2.93. The van der Waals surface area contributed by atoms with Crippen LogP contribution in [0.4, 0.5) is 4.79 Å². The van der Waals surface area contributed by atoms with Crippen molar-refractivity contribution in [2.24, 2.45) is 0 Å². The zero-order chi connectivity index (χ0) is 17.4. The lowest BCUT2D eigenvalue weighted by atomic mass is 10.1. The van der Waals surface area contributed by atoms with E-state index in [1.807, 2.05) is 49.4 Å². The summed E-state index contributed by atoms with van der Waals surface area (Å²) in [6, 6.07) is 16.6. The fraction of sp³-hybridized carbons (Fsp3) is 0.250. The molecule has 2 amide bonds. The van der Waals surface area contributed by atoms with Crippen molar-refractivity contribution in [3.63, 3.8) is 0 Å². The van der Waals surface area contributed by atoms with Crippen LogP contribution in [0.1, 0.15) is 18.1 Å². The van der Waals surface area contributed by atoms with Crippen molar-refractivity contribution in [3.05, 3.63) is 65.7 Å². The van der Waals surface area contributed by atoms with Gasteiger partial charge >= 0.3 is 6.03 Å². The Bertz CT molecular complexity index is 715. The highest BCUT2D eigenvalue weighted by atomic mass is 16.3. The number of phenolic OH excluding ortho intramolecular Hbond substituents is 1. The van der Waals surface area contributed by atoms with Crippen molar-refractivity contribution >= 4 is 6.03 Å². The fourth-order valence-corrected chi connectivity index (χ4v) is 2.22. The molecule has 0 saturated carbocycles. The second-order valence-electron chi connectivity index (χ2n) is 5.66. The predicted octanol–water partition coefficient (Wildman–Crippen LogP) is 3.02. The summed E-state index contributed by atoms with van der Waals surface area (Å²) in [6.07, 6.45) is 0.722. The first-order valence-electron chi connectivity index (χ1n) is 7.89. The summed E-state index contributed by atoms with van der Waals surface area (Å²) in [5.74, 6) is 6.20. The summed E-state index contributed by atoms with van der Waals surface area (Å²) in [4.78, 5) is 13.8. The minimum Gasteiger partial charge on any atom is -0.508 e. The molecule has 4 nitrogen and oxygen atoms in total. The summed E-state index contributed by atoms with van der Waals surface area (Å²) in [6.45, 7) is 2.30. The minimum atomic E-state index is -0.149. The van der Waals surface area contributed by atoms with Crippen LogP contribution in [-0.4, -0.2) is 35.7 Å². The van der Waals surface area contributed by atoms with E-state index < -0.39 is 0 Å². The SMILES string of the molecule is C[C@H](Cc1ccc(O)cc1)N(C)C(=O)NCC#Cc1ccccc1. The van der Waals surface area contributed by atoms with Gasteiger partial charge < -0.3 is 15.3 Å². The van der Waals surface area contributed by atoms with Crippen LogP contribution >= 0.6 is 0 Å². The second-order valence-corrected chi connectivity index (χ2v) is 5.66. The molecule has 2 aromatic rings. The maximum atomic E-state index is 12.1. The molecule has 1 atom stereocenters. The van der Waals surface area contributed by atoms with Crippen LogP contribution < -0.4 is 5.32 Å². The third-order valence-electron chi connectivity index (χ3n) is 3.78. The Morgan fingerprint density at radius 1 is 1.17 bits per heavy atom. The van der Waals surface area contributed by atoms with E-state index in [0.717, 1.165) is 17.5 Å². The molecule has 0 fully saturated rings. The third kappa shape index (κ3) is 5.36. The number of likely N-dealkylation sites (N-methyl/N-ethyl adjacent to an activating group) is 1. The Balaban J connectivity index is 1.81. The van der Waals surface area contributed by atoms with Gasteiger partial charge in [-0.1, -0.05) is 42.2 Å². The monoisotopic (exact) mass is 322 g/mol. The number of nitrogens with one attached hydrogen (secondary N) is 1. The average Bonchev–Trinajstić information content (AvgIpc) is 2.60.